The van der Waals surface area contributed by atoms with E-state index in [0.717, 1.165) is 42.9 Å². The third-order valence-electron chi connectivity index (χ3n) is 5.81. The molecule has 4 rings (SSSR count). The van der Waals surface area contributed by atoms with E-state index in [9.17, 15) is 4.79 Å². The minimum atomic E-state index is -0.512. The van der Waals surface area contributed by atoms with Gasteiger partial charge in [0.2, 0.25) is 5.91 Å². The number of likely N-dealkylation sites (tertiary alicyclic amines) is 1. The van der Waals surface area contributed by atoms with Crippen molar-refractivity contribution in [1.82, 2.24) is 19.9 Å². The van der Waals surface area contributed by atoms with Crippen molar-refractivity contribution in [2.75, 3.05) is 27.2 Å². The van der Waals surface area contributed by atoms with Gasteiger partial charge in [-0.05, 0) is 37.1 Å². The van der Waals surface area contributed by atoms with Crippen molar-refractivity contribution >= 4 is 5.91 Å². The molecule has 2 aromatic heterocycles. The number of carbonyl (C=O) groups is 1. The van der Waals surface area contributed by atoms with Crippen LogP contribution in [0.5, 0.6) is 0 Å². The SMILES string of the molecule is CN(C)C(=O)[C@]1(Cc2cc(-c3ccccc3)no2)CCCN(Cc2ccncc2)C1. The number of pyridine rings is 1. The van der Waals surface area contributed by atoms with E-state index in [1.165, 1.54) is 5.56 Å². The Bertz CT molecular complexity index is 971. The molecule has 156 valence electrons. The van der Waals surface area contributed by atoms with Crippen molar-refractivity contribution in [3.8, 4) is 11.3 Å². The van der Waals surface area contributed by atoms with Gasteiger partial charge in [0.15, 0.2) is 0 Å². The van der Waals surface area contributed by atoms with Gasteiger partial charge >= 0.3 is 0 Å². The van der Waals surface area contributed by atoms with Gasteiger partial charge in [-0.25, -0.2) is 0 Å². The van der Waals surface area contributed by atoms with Crippen LogP contribution in [0, 0.1) is 5.41 Å². The number of carbonyl (C=O) groups excluding carboxylic acids is 1. The number of aromatic nitrogens is 2. The molecule has 0 radical (unpaired) electrons. The van der Waals surface area contributed by atoms with Crippen molar-refractivity contribution in [3.63, 3.8) is 0 Å². The fourth-order valence-corrected chi connectivity index (χ4v) is 4.45. The number of benzene rings is 1. The molecule has 0 aliphatic carbocycles. The second-order valence-corrected chi connectivity index (χ2v) is 8.37. The van der Waals surface area contributed by atoms with E-state index in [2.05, 4.69) is 15.0 Å². The van der Waals surface area contributed by atoms with Gasteiger partial charge in [-0.2, -0.15) is 0 Å². The molecule has 0 spiro atoms. The maximum atomic E-state index is 13.3. The Morgan fingerprint density at radius 2 is 1.93 bits per heavy atom. The molecular formula is C24H28N4O2. The van der Waals surface area contributed by atoms with Crippen LogP contribution < -0.4 is 0 Å². The van der Waals surface area contributed by atoms with Crippen LogP contribution in [-0.4, -0.2) is 53.0 Å². The Kier molecular flexibility index (Phi) is 5.95. The number of nitrogens with zero attached hydrogens (tertiary/aromatic N) is 4. The molecule has 1 aliphatic rings. The average Bonchev–Trinajstić information content (AvgIpc) is 3.23. The number of rotatable bonds is 6. The topological polar surface area (TPSA) is 62.5 Å². The van der Waals surface area contributed by atoms with Crippen molar-refractivity contribution in [2.45, 2.75) is 25.8 Å². The molecule has 0 saturated carbocycles. The number of amides is 1. The largest absolute Gasteiger partial charge is 0.361 e. The smallest absolute Gasteiger partial charge is 0.230 e. The third-order valence-corrected chi connectivity index (χ3v) is 5.81. The van der Waals surface area contributed by atoms with E-state index in [4.69, 9.17) is 4.52 Å². The van der Waals surface area contributed by atoms with E-state index in [1.54, 1.807) is 4.90 Å². The molecular weight excluding hydrogens is 376 g/mol. The minimum absolute atomic E-state index is 0.152. The van der Waals surface area contributed by atoms with Crippen molar-refractivity contribution in [1.29, 1.82) is 0 Å². The molecule has 0 bridgehead atoms. The average molecular weight is 405 g/mol. The highest BCUT2D eigenvalue weighted by Gasteiger charge is 2.44. The first-order valence-electron chi connectivity index (χ1n) is 10.4. The number of hydrogen-bond acceptors (Lipinski definition) is 5. The Morgan fingerprint density at radius 1 is 1.17 bits per heavy atom. The van der Waals surface area contributed by atoms with Crippen LogP contribution in [-0.2, 0) is 17.8 Å². The molecule has 1 atom stereocenters. The molecule has 0 unspecified atom stereocenters. The zero-order valence-corrected chi connectivity index (χ0v) is 17.6. The summed E-state index contributed by atoms with van der Waals surface area (Å²) in [4.78, 5) is 21.5. The van der Waals surface area contributed by atoms with Gasteiger partial charge in [-0.15, -0.1) is 0 Å². The Balaban J connectivity index is 1.57. The zero-order valence-electron chi connectivity index (χ0n) is 17.6. The van der Waals surface area contributed by atoms with E-state index >= 15 is 0 Å². The monoisotopic (exact) mass is 404 g/mol. The summed E-state index contributed by atoms with van der Waals surface area (Å²) in [5.41, 5.74) is 2.53. The van der Waals surface area contributed by atoms with Gasteiger partial charge in [0.05, 0.1) is 5.41 Å². The molecule has 0 N–H and O–H groups in total. The fourth-order valence-electron chi connectivity index (χ4n) is 4.45. The summed E-state index contributed by atoms with van der Waals surface area (Å²) < 4.78 is 5.68. The molecule has 1 aliphatic heterocycles. The highest BCUT2D eigenvalue weighted by molar-refractivity contribution is 5.83. The standard InChI is InChI=1S/C24H28N4O2/c1-27(2)23(29)24(11-6-14-28(18-24)17-19-9-12-25-13-10-19)16-21-15-22(26-30-21)20-7-4-3-5-8-20/h3-5,7-10,12-13,15H,6,11,14,16-18H2,1-2H3/t24-/m0/s1. The molecule has 3 aromatic rings. The summed E-state index contributed by atoms with van der Waals surface area (Å²) >= 11 is 0. The predicted octanol–water partition coefficient (Wildman–Crippen LogP) is 3.65. The second-order valence-electron chi connectivity index (χ2n) is 8.37. The van der Waals surface area contributed by atoms with Crippen LogP contribution in [0.3, 0.4) is 0 Å². The van der Waals surface area contributed by atoms with E-state index < -0.39 is 5.41 Å². The van der Waals surface area contributed by atoms with Crippen LogP contribution in [0.15, 0.2) is 65.4 Å². The van der Waals surface area contributed by atoms with Gasteiger partial charge in [-0.1, -0.05) is 35.5 Å². The maximum absolute atomic E-state index is 13.3. The normalized spacial score (nSPS) is 19.5. The molecule has 6 heteroatoms. The Hall–Kier alpha value is -2.99. The first-order chi connectivity index (χ1) is 14.6. The highest BCUT2D eigenvalue weighted by Crippen LogP contribution is 2.37. The Labute approximate surface area is 177 Å². The van der Waals surface area contributed by atoms with Gasteiger partial charge in [0.25, 0.3) is 0 Å². The molecule has 1 fully saturated rings. The maximum Gasteiger partial charge on any atom is 0.230 e. The zero-order chi connectivity index (χ0) is 21.0. The van der Waals surface area contributed by atoms with Gasteiger partial charge in [0.1, 0.15) is 11.5 Å². The molecule has 1 aromatic carbocycles. The lowest BCUT2D eigenvalue weighted by Crippen LogP contribution is -2.52. The first-order valence-corrected chi connectivity index (χ1v) is 10.4. The highest BCUT2D eigenvalue weighted by atomic mass is 16.5. The molecule has 1 saturated heterocycles. The van der Waals surface area contributed by atoms with Crippen LogP contribution in [0.1, 0.15) is 24.2 Å². The molecule has 3 heterocycles. The molecule has 1 amide bonds. The summed E-state index contributed by atoms with van der Waals surface area (Å²) in [6.07, 6.45) is 6.01. The van der Waals surface area contributed by atoms with Crippen LogP contribution in [0.4, 0.5) is 0 Å². The molecule has 30 heavy (non-hydrogen) atoms. The van der Waals surface area contributed by atoms with Crippen molar-refractivity contribution < 1.29 is 9.32 Å². The first kappa shape index (κ1) is 20.3. The lowest BCUT2D eigenvalue weighted by molar-refractivity contribution is -0.143. The van der Waals surface area contributed by atoms with Crippen molar-refractivity contribution in [3.05, 3.63) is 72.2 Å². The minimum Gasteiger partial charge on any atom is -0.361 e. The quantitative estimate of drug-likeness (QED) is 0.628. The molecule has 6 nitrogen and oxygen atoms in total. The lowest BCUT2D eigenvalue weighted by Gasteiger charge is -2.42. The Morgan fingerprint density at radius 3 is 2.67 bits per heavy atom. The van der Waals surface area contributed by atoms with Gasteiger partial charge < -0.3 is 9.42 Å². The van der Waals surface area contributed by atoms with E-state index in [-0.39, 0.29) is 5.91 Å². The summed E-state index contributed by atoms with van der Waals surface area (Å²) in [6.45, 7) is 2.50. The van der Waals surface area contributed by atoms with Crippen molar-refractivity contribution in [2.24, 2.45) is 5.41 Å². The van der Waals surface area contributed by atoms with Crippen LogP contribution in [0.25, 0.3) is 11.3 Å². The van der Waals surface area contributed by atoms with Gasteiger partial charge in [0, 0.05) is 57.6 Å². The third kappa shape index (κ3) is 4.44. The van der Waals surface area contributed by atoms with Gasteiger partial charge in [-0.3, -0.25) is 14.7 Å². The summed E-state index contributed by atoms with van der Waals surface area (Å²) in [5, 5.41) is 4.25. The fraction of sp³-hybridized carbons (Fsp3) is 0.375. The van der Waals surface area contributed by atoms with Crippen LogP contribution in [0.2, 0.25) is 0 Å². The van der Waals surface area contributed by atoms with E-state index in [0.29, 0.717) is 13.0 Å². The van der Waals surface area contributed by atoms with E-state index in [1.807, 2.05) is 75.0 Å². The lowest BCUT2D eigenvalue weighted by atomic mass is 9.75. The number of piperidine rings is 1. The predicted molar refractivity (Wildman–Crippen MR) is 116 cm³/mol. The number of hydrogen-bond donors (Lipinski definition) is 0. The summed E-state index contributed by atoms with van der Waals surface area (Å²) in [7, 11) is 3.67. The summed E-state index contributed by atoms with van der Waals surface area (Å²) in [6, 6.07) is 16.0. The second kappa shape index (κ2) is 8.79. The van der Waals surface area contributed by atoms with Crippen LogP contribution >= 0.6 is 0 Å². The summed E-state index contributed by atoms with van der Waals surface area (Å²) in [5.74, 6) is 0.911.